The maximum atomic E-state index is 5.84. The first-order valence-electron chi connectivity index (χ1n) is 5.99. The van der Waals surface area contributed by atoms with Gasteiger partial charge >= 0.3 is 0 Å². The van der Waals surface area contributed by atoms with Crippen molar-refractivity contribution in [2.45, 2.75) is 19.4 Å². The van der Waals surface area contributed by atoms with Gasteiger partial charge in [0, 0.05) is 28.0 Å². The highest BCUT2D eigenvalue weighted by Gasteiger charge is 2.06. The van der Waals surface area contributed by atoms with Gasteiger partial charge in [0.15, 0.2) is 5.11 Å². The molecule has 0 saturated heterocycles. The number of rotatable bonds is 4. The lowest BCUT2D eigenvalue weighted by Gasteiger charge is -2.16. The summed E-state index contributed by atoms with van der Waals surface area (Å²) in [5, 5.41) is 9.86. The molecule has 2 aromatic rings. The molecule has 100 valence electrons. The van der Waals surface area contributed by atoms with Crippen LogP contribution in [0.5, 0.6) is 0 Å². The van der Waals surface area contributed by atoms with Crippen molar-refractivity contribution in [1.82, 2.24) is 5.32 Å². The van der Waals surface area contributed by atoms with Gasteiger partial charge in [-0.15, -0.1) is 11.3 Å². The van der Waals surface area contributed by atoms with E-state index in [4.69, 9.17) is 23.8 Å². The smallest absolute Gasteiger partial charge is 0.170 e. The molecule has 2 nitrogen and oxygen atoms in total. The molecular formula is C14H15ClN2S2. The van der Waals surface area contributed by atoms with Gasteiger partial charge in [-0.25, -0.2) is 0 Å². The van der Waals surface area contributed by atoms with E-state index in [0.29, 0.717) is 11.2 Å². The van der Waals surface area contributed by atoms with Gasteiger partial charge in [0.05, 0.1) is 0 Å². The quantitative estimate of drug-likeness (QED) is 0.822. The maximum Gasteiger partial charge on any atom is 0.170 e. The minimum absolute atomic E-state index is 0.297. The van der Waals surface area contributed by atoms with Crippen molar-refractivity contribution in [2.24, 2.45) is 0 Å². The van der Waals surface area contributed by atoms with Crippen LogP contribution in [0.15, 0.2) is 41.8 Å². The Bertz CT molecular complexity index is 523. The first-order valence-corrected chi connectivity index (χ1v) is 7.65. The summed E-state index contributed by atoms with van der Waals surface area (Å²) in [7, 11) is 0. The molecule has 1 aromatic carbocycles. The number of nitrogens with one attached hydrogen (secondary N) is 2. The summed E-state index contributed by atoms with van der Waals surface area (Å²) in [5.74, 6) is 0. The standard InChI is InChI=1S/C14H15ClN2S2/c1-10(9-13-3-2-8-19-13)16-14(18)17-12-6-4-11(15)5-7-12/h2-8,10H,9H2,1H3,(H2,16,17,18)/t10-/m0/s1. The van der Waals surface area contributed by atoms with Crippen molar-refractivity contribution >= 4 is 46.0 Å². The van der Waals surface area contributed by atoms with Gasteiger partial charge in [-0.1, -0.05) is 17.7 Å². The molecule has 0 aliphatic heterocycles. The molecule has 0 fully saturated rings. The van der Waals surface area contributed by atoms with Crippen molar-refractivity contribution in [3.8, 4) is 0 Å². The normalized spacial score (nSPS) is 11.9. The Morgan fingerprint density at radius 2 is 2.05 bits per heavy atom. The Kier molecular flexibility index (Phi) is 5.19. The molecule has 0 bridgehead atoms. The summed E-state index contributed by atoms with van der Waals surface area (Å²) < 4.78 is 0. The van der Waals surface area contributed by atoms with Gasteiger partial charge in [-0.2, -0.15) is 0 Å². The maximum absolute atomic E-state index is 5.84. The molecule has 0 amide bonds. The zero-order valence-electron chi connectivity index (χ0n) is 10.5. The lowest BCUT2D eigenvalue weighted by molar-refractivity contribution is 0.670. The second-order valence-corrected chi connectivity index (χ2v) is 6.17. The Morgan fingerprint density at radius 1 is 1.32 bits per heavy atom. The summed E-state index contributed by atoms with van der Waals surface area (Å²) in [6.07, 6.45) is 0.972. The number of thiophene rings is 1. The molecule has 0 radical (unpaired) electrons. The molecule has 0 aliphatic carbocycles. The minimum Gasteiger partial charge on any atom is -0.360 e. The van der Waals surface area contributed by atoms with Crippen molar-refractivity contribution in [1.29, 1.82) is 0 Å². The zero-order chi connectivity index (χ0) is 13.7. The highest BCUT2D eigenvalue weighted by Crippen LogP contribution is 2.14. The molecule has 2 rings (SSSR count). The summed E-state index contributed by atoms with van der Waals surface area (Å²) in [5.41, 5.74) is 0.935. The summed E-state index contributed by atoms with van der Waals surface area (Å²) in [6, 6.07) is 12.0. The lowest BCUT2D eigenvalue weighted by atomic mass is 10.2. The van der Waals surface area contributed by atoms with Gasteiger partial charge in [0.2, 0.25) is 0 Å². The van der Waals surface area contributed by atoms with Gasteiger partial charge in [0.25, 0.3) is 0 Å². The van der Waals surface area contributed by atoms with Crippen LogP contribution in [0.25, 0.3) is 0 Å². The fraction of sp³-hybridized carbons (Fsp3) is 0.214. The fourth-order valence-electron chi connectivity index (χ4n) is 1.71. The Hall–Kier alpha value is -1.10. The molecule has 1 aromatic heterocycles. The van der Waals surface area contributed by atoms with E-state index in [0.717, 1.165) is 17.1 Å². The van der Waals surface area contributed by atoms with Crippen LogP contribution in [0.2, 0.25) is 5.02 Å². The van der Waals surface area contributed by atoms with Crippen LogP contribution in [0.4, 0.5) is 5.69 Å². The highest BCUT2D eigenvalue weighted by molar-refractivity contribution is 7.80. The third-order valence-corrected chi connectivity index (χ3v) is 3.94. The Morgan fingerprint density at radius 3 is 2.68 bits per heavy atom. The van der Waals surface area contributed by atoms with E-state index in [-0.39, 0.29) is 0 Å². The van der Waals surface area contributed by atoms with Gasteiger partial charge in [0.1, 0.15) is 0 Å². The summed E-state index contributed by atoms with van der Waals surface area (Å²) in [4.78, 5) is 1.36. The molecule has 0 aliphatic rings. The summed E-state index contributed by atoms with van der Waals surface area (Å²) >= 11 is 12.9. The molecule has 0 spiro atoms. The molecule has 2 N–H and O–H groups in total. The molecular weight excluding hydrogens is 296 g/mol. The van der Waals surface area contributed by atoms with E-state index in [1.165, 1.54) is 4.88 Å². The van der Waals surface area contributed by atoms with E-state index in [9.17, 15) is 0 Å². The van der Waals surface area contributed by atoms with E-state index in [1.807, 2.05) is 24.3 Å². The van der Waals surface area contributed by atoms with Crippen LogP contribution in [-0.2, 0) is 6.42 Å². The van der Waals surface area contributed by atoms with Gasteiger partial charge in [-0.05, 0) is 54.9 Å². The number of hydrogen-bond donors (Lipinski definition) is 2. The average molecular weight is 311 g/mol. The molecule has 5 heteroatoms. The molecule has 1 heterocycles. The summed E-state index contributed by atoms with van der Waals surface area (Å²) in [6.45, 7) is 2.12. The Labute approximate surface area is 127 Å². The largest absolute Gasteiger partial charge is 0.360 e. The minimum atomic E-state index is 0.297. The van der Waals surface area contributed by atoms with Gasteiger partial charge in [-0.3, -0.25) is 0 Å². The highest BCUT2D eigenvalue weighted by atomic mass is 35.5. The van der Waals surface area contributed by atoms with Gasteiger partial charge < -0.3 is 10.6 Å². The number of hydrogen-bond acceptors (Lipinski definition) is 2. The van der Waals surface area contributed by atoms with Crippen LogP contribution in [0.1, 0.15) is 11.8 Å². The molecule has 0 unspecified atom stereocenters. The van der Waals surface area contributed by atoms with Crippen molar-refractivity contribution in [3.63, 3.8) is 0 Å². The Balaban J connectivity index is 1.82. The van der Waals surface area contributed by atoms with Crippen molar-refractivity contribution < 1.29 is 0 Å². The number of halogens is 1. The average Bonchev–Trinajstić information content (AvgIpc) is 2.84. The zero-order valence-corrected chi connectivity index (χ0v) is 12.9. The molecule has 19 heavy (non-hydrogen) atoms. The number of benzene rings is 1. The number of thiocarbonyl (C=S) groups is 1. The van der Waals surface area contributed by atoms with E-state index in [1.54, 1.807) is 11.3 Å². The van der Waals surface area contributed by atoms with Crippen LogP contribution >= 0.6 is 35.2 Å². The SMILES string of the molecule is C[C@@H](Cc1cccs1)NC(=S)Nc1ccc(Cl)cc1. The predicted molar refractivity (Wildman–Crippen MR) is 88.3 cm³/mol. The van der Waals surface area contributed by atoms with Crippen LogP contribution in [0, 0.1) is 0 Å². The third-order valence-electron chi connectivity index (χ3n) is 2.57. The first kappa shape index (κ1) is 14.3. The third kappa shape index (κ3) is 4.82. The number of anilines is 1. The predicted octanol–water partition coefficient (Wildman–Crippen LogP) is 4.32. The van der Waals surface area contributed by atoms with E-state index >= 15 is 0 Å². The van der Waals surface area contributed by atoms with Crippen LogP contribution in [0.3, 0.4) is 0 Å². The molecule has 0 saturated carbocycles. The molecule has 1 atom stereocenters. The second kappa shape index (κ2) is 6.89. The topological polar surface area (TPSA) is 24.1 Å². The second-order valence-electron chi connectivity index (χ2n) is 4.29. The van der Waals surface area contributed by atoms with Crippen molar-refractivity contribution in [3.05, 3.63) is 51.7 Å². The van der Waals surface area contributed by atoms with Crippen molar-refractivity contribution in [2.75, 3.05) is 5.32 Å². The monoisotopic (exact) mass is 310 g/mol. The van der Waals surface area contributed by atoms with E-state index in [2.05, 4.69) is 35.1 Å². The fourth-order valence-corrected chi connectivity index (χ4v) is 2.99. The van der Waals surface area contributed by atoms with E-state index < -0.39 is 0 Å². The van der Waals surface area contributed by atoms with Crippen LogP contribution < -0.4 is 10.6 Å². The first-order chi connectivity index (χ1) is 9.13. The van der Waals surface area contributed by atoms with Crippen LogP contribution in [-0.4, -0.2) is 11.2 Å². The lowest BCUT2D eigenvalue weighted by Crippen LogP contribution is -2.36.